The summed E-state index contributed by atoms with van der Waals surface area (Å²) in [6.07, 6.45) is 1.49. The molecule has 2 amide bonds. The molecule has 1 aliphatic heterocycles. The number of nitrogens with one attached hydrogen (secondary N) is 1. The first kappa shape index (κ1) is 11.1. The van der Waals surface area contributed by atoms with Gasteiger partial charge in [0, 0.05) is 19.3 Å². The molecular formula is C9H11ClN4O2. The van der Waals surface area contributed by atoms with Crippen LogP contribution in [0.3, 0.4) is 0 Å². The number of rotatable bonds is 1. The number of morpholine rings is 1. The molecule has 0 unspecified atom stereocenters. The maximum atomic E-state index is 11.7. The monoisotopic (exact) mass is 242 g/mol. The molecule has 2 heterocycles. The number of hydrogen-bond acceptors (Lipinski definition) is 4. The van der Waals surface area contributed by atoms with Gasteiger partial charge >= 0.3 is 6.03 Å². The van der Waals surface area contributed by atoms with Gasteiger partial charge < -0.3 is 9.64 Å². The predicted molar refractivity (Wildman–Crippen MR) is 58.5 cm³/mol. The standard InChI is InChI=1S/C9H11ClN4O2/c10-7-1-2-11-8(12-7)13-9(15)14-3-5-16-6-4-14/h1-2H,3-6H2,(H,11,12,13,15). The van der Waals surface area contributed by atoms with Crippen molar-refractivity contribution in [3.8, 4) is 0 Å². The zero-order valence-corrected chi connectivity index (χ0v) is 9.28. The number of anilines is 1. The molecule has 86 valence electrons. The van der Waals surface area contributed by atoms with Gasteiger partial charge in [0.25, 0.3) is 0 Å². The first-order valence-corrected chi connectivity index (χ1v) is 5.26. The average Bonchev–Trinajstić information content (AvgIpc) is 2.30. The molecule has 1 aromatic rings. The Balaban J connectivity index is 1.96. The van der Waals surface area contributed by atoms with E-state index < -0.39 is 0 Å². The summed E-state index contributed by atoms with van der Waals surface area (Å²) in [5, 5.41) is 2.88. The van der Waals surface area contributed by atoms with Gasteiger partial charge in [0.2, 0.25) is 5.95 Å². The third kappa shape index (κ3) is 2.80. The van der Waals surface area contributed by atoms with E-state index in [4.69, 9.17) is 16.3 Å². The van der Waals surface area contributed by atoms with Crippen LogP contribution < -0.4 is 5.32 Å². The van der Waals surface area contributed by atoms with Crippen molar-refractivity contribution in [1.29, 1.82) is 0 Å². The second kappa shape index (κ2) is 5.09. The molecule has 0 saturated carbocycles. The summed E-state index contributed by atoms with van der Waals surface area (Å²) in [5.74, 6) is 0.212. The van der Waals surface area contributed by atoms with Gasteiger partial charge in [0.15, 0.2) is 0 Å². The summed E-state index contributed by atoms with van der Waals surface area (Å²) in [4.78, 5) is 21.1. The molecule has 0 spiro atoms. The molecule has 0 aromatic carbocycles. The Hall–Kier alpha value is -1.40. The van der Waals surface area contributed by atoms with Gasteiger partial charge in [0.1, 0.15) is 5.15 Å². The lowest BCUT2D eigenvalue weighted by molar-refractivity contribution is 0.0564. The molecule has 1 fully saturated rings. The molecule has 1 aromatic heterocycles. The van der Waals surface area contributed by atoms with Crippen molar-refractivity contribution in [1.82, 2.24) is 14.9 Å². The number of carbonyl (C=O) groups is 1. The molecule has 0 aliphatic carbocycles. The summed E-state index contributed by atoms with van der Waals surface area (Å²) in [5.41, 5.74) is 0. The number of aromatic nitrogens is 2. The van der Waals surface area contributed by atoms with Crippen LogP contribution in [0.5, 0.6) is 0 Å². The maximum Gasteiger partial charge on any atom is 0.324 e. The Morgan fingerprint density at radius 3 is 2.94 bits per heavy atom. The Labute approximate surface area is 97.6 Å². The largest absolute Gasteiger partial charge is 0.378 e. The van der Waals surface area contributed by atoms with Crippen LogP contribution in [0.4, 0.5) is 10.7 Å². The van der Waals surface area contributed by atoms with Crippen LogP contribution in [0.2, 0.25) is 5.15 Å². The highest BCUT2D eigenvalue weighted by Gasteiger charge is 2.17. The minimum absolute atomic E-state index is 0.212. The van der Waals surface area contributed by atoms with E-state index in [2.05, 4.69) is 15.3 Å². The lowest BCUT2D eigenvalue weighted by atomic mass is 10.4. The maximum absolute atomic E-state index is 11.7. The number of urea groups is 1. The Bertz CT molecular complexity index is 382. The lowest BCUT2D eigenvalue weighted by Gasteiger charge is -2.26. The molecule has 6 nitrogen and oxygen atoms in total. The fraction of sp³-hybridized carbons (Fsp3) is 0.444. The van der Waals surface area contributed by atoms with Crippen LogP contribution >= 0.6 is 11.6 Å². The molecular weight excluding hydrogens is 232 g/mol. The third-order valence-electron chi connectivity index (χ3n) is 2.14. The summed E-state index contributed by atoms with van der Waals surface area (Å²) < 4.78 is 5.15. The molecule has 0 bridgehead atoms. The second-order valence-electron chi connectivity index (χ2n) is 3.23. The van der Waals surface area contributed by atoms with Crippen LogP contribution in [0, 0.1) is 0 Å². The number of ether oxygens (including phenoxy) is 1. The fourth-order valence-electron chi connectivity index (χ4n) is 1.34. The van der Waals surface area contributed by atoms with E-state index >= 15 is 0 Å². The summed E-state index contributed by atoms with van der Waals surface area (Å²) >= 11 is 5.68. The zero-order chi connectivity index (χ0) is 11.4. The van der Waals surface area contributed by atoms with Crippen molar-refractivity contribution >= 4 is 23.6 Å². The molecule has 0 atom stereocenters. The first-order valence-electron chi connectivity index (χ1n) is 4.88. The molecule has 0 radical (unpaired) electrons. The SMILES string of the molecule is O=C(Nc1nccc(Cl)n1)N1CCOCC1. The summed E-state index contributed by atoms with van der Waals surface area (Å²) in [6, 6.07) is 1.32. The van der Waals surface area contributed by atoms with E-state index in [9.17, 15) is 4.79 Å². The van der Waals surface area contributed by atoms with Crippen LogP contribution in [0.1, 0.15) is 0 Å². The van der Waals surface area contributed by atoms with Crippen LogP contribution in [0.15, 0.2) is 12.3 Å². The van der Waals surface area contributed by atoms with E-state index in [1.54, 1.807) is 11.0 Å². The normalized spacial score (nSPS) is 15.9. The van der Waals surface area contributed by atoms with Gasteiger partial charge in [-0.15, -0.1) is 0 Å². The molecule has 2 rings (SSSR count). The van der Waals surface area contributed by atoms with Crippen molar-refractivity contribution < 1.29 is 9.53 Å². The van der Waals surface area contributed by atoms with Gasteiger partial charge in [-0.1, -0.05) is 11.6 Å². The van der Waals surface area contributed by atoms with Crippen LogP contribution in [0.25, 0.3) is 0 Å². The van der Waals surface area contributed by atoms with Crippen molar-refractivity contribution in [2.75, 3.05) is 31.6 Å². The van der Waals surface area contributed by atoms with Crippen LogP contribution in [-0.2, 0) is 4.74 Å². The number of nitrogens with zero attached hydrogens (tertiary/aromatic N) is 3. The minimum atomic E-state index is -0.231. The van der Waals surface area contributed by atoms with Crippen molar-refractivity contribution in [2.45, 2.75) is 0 Å². The van der Waals surface area contributed by atoms with E-state index in [0.29, 0.717) is 31.5 Å². The van der Waals surface area contributed by atoms with Crippen molar-refractivity contribution in [2.24, 2.45) is 0 Å². The molecule has 1 saturated heterocycles. The van der Waals surface area contributed by atoms with Gasteiger partial charge in [0.05, 0.1) is 13.2 Å². The van der Waals surface area contributed by atoms with Crippen LogP contribution in [-0.4, -0.2) is 47.2 Å². The predicted octanol–water partition coefficient (Wildman–Crippen LogP) is 0.994. The molecule has 1 N–H and O–H groups in total. The van der Waals surface area contributed by atoms with Gasteiger partial charge in [-0.2, -0.15) is 0 Å². The molecule has 1 aliphatic rings. The van der Waals surface area contributed by atoms with Crippen molar-refractivity contribution in [3.05, 3.63) is 17.4 Å². The first-order chi connectivity index (χ1) is 7.75. The van der Waals surface area contributed by atoms with Crippen molar-refractivity contribution in [3.63, 3.8) is 0 Å². The zero-order valence-electron chi connectivity index (χ0n) is 8.52. The molecule has 7 heteroatoms. The molecule has 16 heavy (non-hydrogen) atoms. The number of hydrogen-bond donors (Lipinski definition) is 1. The quantitative estimate of drug-likeness (QED) is 0.746. The Morgan fingerprint density at radius 1 is 1.50 bits per heavy atom. The topological polar surface area (TPSA) is 67.4 Å². The fourth-order valence-corrected chi connectivity index (χ4v) is 1.47. The smallest absolute Gasteiger partial charge is 0.324 e. The highest BCUT2D eigenvalue weighted by molar-refractivity contribution is 6.29. The lowest BCUT2D eigenvalue weighted by Crippen LogP contribution is -2.43. The van der Waals surface area contributed by atoms with Gasteiger partial charge in [-0.25, -0.2) is 14.8 Å². The van der Waals surface area contributed by atoms with E-state index in [-0.39, 0.29) is 12.0 Å². The van der Waals surface area contributed by atoms with E-state index in [0.717, 1.165) is 0 Å². The van der Waals surface area contributed by atoms with Gasteiger partial charge in [-0.05, 0) is 6.07 Å². The van der Waals surface area contributed by atoms with E-state index in [1.165, 1.54) is 6.20 Å². The third-order valence-corrected chi connectivity index (χ3v) is 2.35. The summed E-state index contributed by atoms with van der Waals surface area (Å²) in [7, 11) is 0. The number of amides is 2. The average molecular weight is 243 g/mol. The highest BCUT2D eigenvalue weighted by atomic mass is 35.5. The Kier molecular flexibility index (Phi) is 3.53. The minimum Gasteiger partial charge on any atom is -0.378 e. The number of carbonyl (C=O) groups excluding carboxylic acids is 1. The Morgan fingerprint density at radius 2 is 2.25 bits per heavy atom. The highest BCUT2D eigenvalue weighted by Crippen LogP contribution is 2.07. The summed E-state index contributed by atoms with van der Waals surface area (Å²) in [6.45, 7) is 2.27. The van der Waals surface area contributed by atoms with Gasteiger partial charge in [-0.3, -0.25) is 5.32 Å². The van der Waals surface area contributed by atoms with E-state index in [1.807, 2.05) is 0 Å². The number of halogens is 1. The second-order valence-corrected chi connectivity index (χ2v) is 3.62.